The molecule has 112 valence electrons. The average Bonchev–Trinajstić information content (AvgIpc) is 2.39. The van der Waals surface area contributed by atoms with Crippen molar-refractivity contribution in [3.8, 4) is 17.2 Å². The molecule has 0 saturated carbocycles. The van der Waals surface area contributed by atoms with Crippen molar-refractivity contribution in [2.24, 2.45) is 0 Å². The van der Waals surface area contributed by atoms with Crippen LogP contribution in [0.2, 0.25) is 0 Å². The maximum atomic E-state index is 13.7. The van der Waals surface area contributed by atoms with Crippen LogP contribution in [0.3, 0.4) is 0 Å². The quantitative estimate of drug-likeness (QED) is 0.848. The van der Waals surface area contributed by atoms with E-state index in [-0.39, 0.29) is 29.1 Å². The molecule has 0 unspecified atom stereocenters. The molecule has 0 atom stereocenters. The van der Waals surface area contributed by atoms with E-state index < -0.39 is 5.82 Å². The van der Waals surface area contributed by atoms with Crippen LogP contribution in [-0.2, 0) is 0 Å². The van der Waals surface area contributed by atoms with Crippen molar-refractivity contribution in [3.63, 3.8) is 0 Å². The fraction of sp³-hybridized carbons (Fsp3) is 0.250. The molecule has 0 fully saturated rings. The van der Waals surface area contributed by atoms with Crippen molar-refractivity contribution in [1.29, 1.82) is 0 Å². The van der Waals surface area contributed by atoms with E-state index in [4.69, 9.17) is 15.2 Å². The highest BCUT2D eigenvalue weighted by Crippen LogP contribution is 2.34. The van der Waals surface area contributed by atoms with Crippen molar-refractivity contribution in [2.75, 3.05) is 5.73 Å². The van der Waals surface area contributed by atoms with E-state index in [9.17, 15) is 8.78 Å². The van der Waals surface area contributed by atoms with Gasteiger partial charge in [-0.3, -0.25) is 0 Å². The number of anilines is 1. The standard InChI is InChI=1S/C16H17F2NO2/c1-9(2)20-15-8-16(14(19)7-13(15)18)21-11-4-5-12(17)10(3)6-11/h4-9H,19H2,1-3H3. The predicted octanol–water partition coefficient (Wildman–Crippen LogP) is 4.43. The molecule has 0 radical (unpaired) electrons. The average molecular weight is 293 g/mol. The number of halogens is 2. The number of ether oxygens (including phenoxy) is 2. The van der Waals surface area contributed by atoms with E-state index in [0.29, 0.717) is 11.3 Å². The number of aryl methyl sites for hydroxylation is 1. The highest BCUT2D eigenvalue weighted by molar-refractivity contribution is 5.57. The molecule has 21 heavy (non-hydrogen) atoms. The Morgan fingerprint density at radius 3 is 2.33 bits per heavy atom. The summed E-state index contributed by atoms with van der Waals surface area (Å²) in [6.07, 6.45) is -0.177. The second-order valence-electron chi connectivity index (χ2n) is 5.00. The van der Waals surface area contributed by atoms with Gasteiger partial charge >= 0.3 is 0 Å². The molecular formula is C16H17F2NO2. The minimum absolute atomic E-state index is 0.0630. The summed E-state index contributed by atoms with van der Waals surface area (Å²) >= 11 is 0. The van der Waals surface area contributed by atoms with Gasteiger partial charge in [-0.05, 0) is 44.5 Å². The van der Waals surface area contributed by atoms with E-state index in [2.05, 4.69) is 0 Å². The van der Waals surface area contributed by atoms with Crippen LogP contribution in [0.4, 0.5) is 14.5 Å². The third-order valence-electron chi connectivity index (χ3n) is 2.78. The van der Waals surface area contributed by atoms with Crippen LogP contribution in [0.15, 0.2) is 30.3 Å². The van der Waals surface area contributed by atoms with Crippen molar-refractivity contribution < 1.29 is 18.3 Å². The lowest BCUT2D eigenvalue weighted by molar-refractivity contribution is 0.230. The van der Waals surface area contributed by atoms with Crippen molar-refractivity contribution in [3.05, 3.63) is 47.5 Å². The number of hydrogen-bond donors (Lipinski definition) is 1. The van der Waals surface area contributed by atoms with E-state index in [0.717, 1.165) is 6.07 Å². The predicted molar refractivity (Wildman–Crippen MR) is 77.8 cm³/mol. The Bertz CT molecular complexity index is 657. The zero-order chi connectivity index (χ0) is 15.6. The number of nitrogens with two attached hydrogens (primary N) is 1. The maximum Gasteiger partial charge on any atom is 0.167 e. The first-order valence-corrected chi connectivity index (χ1v) is 6.56. The SMILES string of the molecule is Cc1cc(Oc2cc(OC(C)C)c(F)cc2N)ccc1F. The molecule has 0 amide bonds. The molecule has 0 aliphatic carbocycles. The Morgan fingerprint density at radius 2 is 1.71 bits per heavy atom. The van der Waals surface area contributed by atoms with Gasteiger partial charge in [0.1, 0.15) is 11.6 Å². The van der Waals surface area contributed by atoms with Crippen LogP contribution >= 0.6 is 0 Å². The van der Waals surface area contributed by atoms with Gasteiger partial charge in [0.25, 0.3) is 0 Å². The van der Waals surface area contributed by atoms with Crippen LogP contribution in [-0.4, -0.2) is 6.10 Å². The van der Waals surface area contributed by atoms with E-state index in [1.165, 1.54) is 18.2 Å². The Morgan fingerprint density at radius 1 is 1.00 bits per heavy atom. The second kappa shape index (κ2) is 5.99. The van der Waals surface area contributed by atoms with Gasteiger partial charge in [-0.2, -0.15) is 0 Å². The topological polar surface area (TPSA) is 44.5 Å². The Kier molecular flexibility index (Phi) is 4.31. The minimum atomic E-state index is -0.552. The molecule has 2 aromatic rings. The second-order valence-corrected chi connectivity index (χ2v) is 5.00. The minimum Gasteiger partial charge on any atom is -0.488 e. The van der Waals surface area contributed by atoms with Gasteiger partial charge in [0.15, 0.2) is 17.3 Å². The number of rotatable bonds is 4. The van der Waals surface area contributed by atoms with Gasteiger partial charge in [0.2, 0.25) is 0 Å². The van der Waals surface area contributed by atoms with Gasteiger partial charge in [0, 0.05) is 12.1 Å². The monoisotopic (exact) mass is 293 g/mol. The third kappa shape index (κ3) is 3.62. The third-order valence-corrected chi connectivity index (χ3v) is 2.78. The van der Waals surface area contributed by atoms with E-state index in [1.807, 2.05) is 0 Å². The van der Waals surface area contributed by atoms with Crippen molar-refractivity contribution >= 4 is 5.69 Å². The zero-order valence-corrected chi connectivity index (χ0v) is 12.1. The van der Waals surface area contributed by atoms with Crippen LogP contribution in [0.25, 0.3) is 0 Å². The van der Waals surface area contributed by atoms with Crippen LogP contribution in [0.5, 0.6) is 17.2 Å². The van der Waals surface area contributed by atoms with Crippen molar-refractivity contribution in [2.45, 2.75) is 26.9 Å². The van der Waals surface area contributed by atoms with Gasteiger partial charge in [0.05, 0.1) is 11.8 Å². The summed E-state index contributed by atoms with van der Waals surface area (Å²) in [6, 6.07) is 6.86. The molecule has 5 heteroatoms. The van der Waals surface area contributed by atoms with Gasteiger partial charge in [-0.15, -0.1) is 0 Å². The largest absolute Gasteiger partial charge is 0.488 e. The number of hydrogen-bond acceptors (Lipinski definition) is 3. The molecule has 2 N–H and O–H groups in total. The smallest absolute Gasteiger partial charge is 0.167 e. The maximum absolute atomic E-state index is 13.7. The molecule has 0 aromatic heterocycles. The fourth-order valence-electron chi connectivity index (χ4n) is 1.79. The summed E-state index contributed by atoms with van der Waals surface area (Å²) in [5.41, 5.74) is 6.34. The van der Waals surface area contributed by atoms with E-state index in [1.54, 1.807) is 26.8 Å². The van der Waals surface area contributed by atoms with Crippen LogP contribution in [0, 0.1) is 18.6 Å². The van der Waals surface area contributed by atoms with Gasteiger partial charge < -0.3 is 15.2 Å². The number of nitrogen functional groups attached to an aromatic ring is 1. The molecule has 2 aromatic carbocycles. The summed E-state index contributed by atoms with van der Waals surface area (Å²) in [5, 5.41) is 0. The van der Waals surface area contributed by atoms with Crippen molar-refractivity contribution in [1.82, 2.24) is 0 Å². The molecule has 3 nitrogen and oxygen atoms in total. The lowest BCUT2D eigenvalue weighted by atomic mass is 10.2. The lowest BCUT2D eigenvalue weighted by Crippen LogP contribution is -2.07. The molecule has 2 rings (SSSR count). The first kappa shape index (κ1) is 15.1. The van der Waals surface area contributed by atoms with Crippen LogP contribution < -0.4 is 15.2 Å². The lowest BCUT2D eigenvalue weighted by Gasteiger charge is -2.14. The Hall–Kier alpha value is -2.30. The first-order chi connectivity index (χ1) is 9.86. The zero-order valence-electron chi connectivity index (χ0n) is 12.1. The van der Waals surface area contributed by atoms with Gasteiger partial charge in [-0.25, -0.2) is 8.78 Å². The highest BCUT2D eigenvalue weighted by atomic mass is 19.1. The number of benzene rings is 2. The van der Waals surface area contributed by atoms with E-state index >= 15 is 0 Å². The fourth-order valence-corrected chi connectivity index (χ4v) is 1.79. The summed E-state index contributed by atoms with van der Waals surface area (Å²) in [5.74, 6) is -0.129. The summed E-state index contributed by atoms with van der Waals surface area (Å²) in [4.78, 5) is 0. The van der Waals surface area contributed by atoms with Crippen LogP contribution in [0.1, 0.15) is 19.4 Å². The Labute approximate surface area is 122 Å². The summed E-state index contributed by atoms with van der Waals surface area (Å²) < 4.78 is 37.9. The normalized spacial score (nSPS) is 10.8. The molecule has 0 spiro atoms. The Balaban J connectivity index is 2.32. The molecular weight excluding hydrogens is 276 g/mol. The molecule has 0 saturated heterocycles. The molecule has 0 aliphatic heterocycles. The molecule has 0 aliphatic rings. The summed E-state index contributed by atoms with van der Waals surface area (Å²) in [7, 11) is 0. The summed E-state index contributed by atoms with van der Waals surface area (Å²) in [6.45, 7) is 5.21. The highest BCUT2D eigenvalue weighted by Gasteiger charge is 2.12. The van der Waals surface area contributed by atoms with Gasteiger partial charge in [-0.1, -0.05) is 0 Å². The first-order valence-electron chi connectivity index (χ1n) is 6.56. The molecule has 0 bridgehead atoms. The molecule has 0 heterocycles.